The van der Waals surface area contributed by atoms with Gasteiger partial charge in [-0.2, -0.15) is 0 Å². The van der Waals surface area contributed by atoms with E-state index in [1.165, 1.54) is 4.90 Å². The Kier molecular flexibility index (Phi) is 4.96. The first-order valence-corrected chi connectivity index (χ1v) is 12.7. The average Bonchev–Trinajstić information content (AvgIpc) is 3.72. The summed E-state index contributed by atoms with van der Waals surface area (Å²) in [6.45, 7) is 0.235. The van der Waals surface area contributed by atoms with Crippen molar-refractivity contribution in [2.45, 2.75) is 25.4 Å². The van der Waals surface area contributed by atoms with E-state index >= 15 is 0 Å². The summed E-state index contributed by atoms with van der Waals surface area (Å²) in [6.07, 6.45) is 10.3. The largest absolute Gasteiger partial charge is 0.361 e. The fourth-order valence-electron chi connectivity index (χ4n) is 5.80. The maximum absolute atomic E-state index is 14.2. The van der Waals surface area contributed by atoms with Gasteiger partial charge in [-0.15, -0.1) is 0 Å². The molecule has 5 aromatic rings. The molecule has 0 fully saturated rings. The Labute approximate surface area is 214 Å². The number of aromatic nitrogens is 2. The summed E-state index contributed by atoms with van der Waals surface area (Å²) in [5, 5.41) is 1.92. The topological polar surface area (TPSA) is 58.1 Å². The molecule has 2 aliphatic rings. The second-order valence-electron chi connectivity index (χ2n) is 9.74. The number of amides is 2. The zero-order chi connectivity index (χ0) is 24.9. The molecule has 2 aromatic heterocycles. The molecule has 5 nitrogen and oxygen atoms in total. The van der Waals surface area contributed by atoms with Crippen LogP contribution in [-0.4, -0.2) is 26.3 Å². The van der Waals surface area contributed by atoms with Crippen LogP contribution in [0.4, 0.5) is 0 Å². The first kappa shape index (κ1) is 21.6. The number of benzene rings is 3. The number of hydrogen-bond donors (Lipinski definition) is 1. The molecular formula is C32H25N3O2. The van der Waals surface area contributed by atoms with Crippen molar-refractivity contribution in [2.24, 2.45) is 0 Å². The summed E-state index contributed by atoms with van der Waals surface area (Å²) >= 11 is 0. The molecule has 0 saturated heterocycles. The molecular weight excluding hydrogens is 458 g/mol. The number of rotatable bonds is 5. The third kappa shape index (κ3) is 3.39. The van der Waals surface area contributed by atoms with Crippen molar-refractivity contribution in [2.75, 3.05) is 0 Å². The molecule has 0 saturated carbocycles. The Morgan fingerprint density at radius 1 is 0.730 bits per heavy atom. The number of hydrogen-bond acceptors (Lipinski definition) is 2. The van der Waals surface area contributed by atoms with Gasteiger partial charge in [0.15, 0.2) is 0 Å². The molecule has 0 bridgehead atoms. The van der Waals surface area contributed by atoms with Crippen LogP contribution >= 0.6 is 0 Å². The number of aromatic amines is 1. The molecule has 37 heavy (non-hydrogen) atoms. The smallest absolute Gasteiger partial charge is 0.262 e. The van der Waals surface area contributed by atoms with Crippen molar-refractivity contribution in [1.82, 2.24) is 14.5 Å². The lowest BCUT2D eigenvalue weighted by molar-refractivity contribution is -0.136. The Balaban J connectivity index is 1.46. The first-order valence-electron chi connectivity index (χ1n) is 12.7. The minimum atomic E-state index is -0.257. The predicted molar refractivity (Wildman–Crippen MR) is 146 cm³/mol. The SMILES string of the molecule is O=C1C(c2c[nH]c3ccccc23)=C(c2cn(C3CC=CC3)c3ccccc23)C(=O)N1Cc1ccccc1. The maximum Gasteiger partial charge on any atom is 0.262 e. The second kappa shape index (κ2) is 8.49. The number of allylic oxidation sites excluding steroid dienone is 2. The molecule has 1 aliphatic heterocycles. The molecule has 0 spiro atoms. The highest BCUT2D eigenvalue weighted by atomic mass is 16.2. The standard InChI is InChI=1S/C32H25N3O2/c36-31-29(25-18-33-27-16-8-6-14-23(25)27)30(32(37)35(31)19-21-10-2-1-3-11-21)26-20-34(22-12-4-5-13-22)28-17-9-7-15-24(26)28/h1-11,14-18,20,22,33H,12-13,19H2. The summed E-state index contributed by atoms with van der Waals surface area (Å²) in [4.78, 5) is 32.9. The van der Waals surface area contributed by atoms with Crippen molar-refractivity contribution < 1.29 is 9.59 Å². The van der Waals surface area contributed by atoms with Gasteiger partial charge in [-0.1, -0.05) is 78.9 Å². The predicted octanol–water partition coefficient (Wildman–Crippen LogP) is 6.49. The van der Waals surface area contributed by atoms with Crippen molar-refractivity contribution in [3.05, 3.63) is 120 Å². The third-order valence-corrected chi connectivity index (χ3v) is 7.60. The van der Waals surface area contributed by atoms with Crippen molar-refractivity contribution in [3.8, 4) is 0 Å². The average molecular weight is 484 g/mol. The van der Waals surface area contributed by atoms with E-state index < -0.39 is 0 Å². The molecule has 5 heteroatoms. The fraction of sp³-hybridized carbons (Fsp3) is 0.125. The van der Waals surface area contributed by atoms with Crippen LogP contribution in [0.5, 0.6) is 0 Å². The lowest BCUT2D eigenvalue weighted by Gasteiger charge is -2.15. The monoisotopic (exact) mass is 483 g/mol. The normalized spacial score (nSPS) is 16.3. The third-order valence-electron chi connectivity index (χ3n) is 7.60. The van der Waals surface area contributed by atoms with Crippen molar-refractivity contribution in [3.63, 3.8) is 0 Å². The van der Waals surface area contributed by atoms with Gasteiger partial charge in [0.25, 0.3) is 11.8 Å². The van der Waals surface area contributed by atoms with E-state index in [2.05, 4.69) is 40.0 Å². The van der Waals surface area contributed by atoms with Crippen LogP contribution in [0.2, 0.25) is 0 Å². The van der Waals surface area contributed by atoms with E-state index in [0.717, 1.165) is 51.3 Å². The van der Waals surface area contributed by atoms with Gasteiger partial charge in [0.1, 0.15) is 0 Å². The number of fused-ring (bicyclic) bond motifs is 2. The highest BCUT2D eigenvalue weighted by Crippen LogP contribution is 2.43. The molecule has 0 radical (unpaired) electrons. The Morgan fingerprint density at radius 3 is 2.16 bits per heavy atom. The van der Waals surface area contributed by atoms with E-state index in [9.17, 15) is 9.59 Å². The van der Waals surface area contributed by atoms with Crippen LogP contribution in [0.3, 0.4) is 0 Å². The minimum absolute atomic E-state index is 0.235. The van der Waals surface area contributed by atoms with Crippen LogP contribution in [0.15, 0.2) is 103 Å². The van der Waals surface area contributed by atoms with Crippen molar-refractivity contribution in [1.29, 1.82) is 0 Å². The van der Waals surface area contributed by atoms with Gasteiger partial charge in [-0.25, -0.2) is 0 Å². The van der Waals surface area contributed by atoms with E-state index in [1.54, 1.807) is 0 Å². The Bertz CT molecular complexity index is 1740. The first-order chi connectivity index (χ1) is 18.2. The number of imide groups is 1. The van der Waals surface area contributed by atoms with Gasteiger partial charge in [0.2, 0.25) is 0 Å². The maximum atomic E-state index is 14.2. The summed E-state index contributed by atoms with van der Waals surface area (Å²) in [6, 6.07) is 26.1. The summed E-state index contributed by atoms with van der Waals surface area (Å²) in [5.74, 6) is -0.505. The molecule has 0 atom stereocenters. The fourth-order valence-corrected chi connectivity index (χ4v) is 5.80. The zero-order valence-corrected chi connectivity index (χ0v) is 20.2. The Morgan fingerprint density at radius 2 is 1.38 bits per heavy atom. The quantitative estimate of drug-likeness (QED) is 0.229. The van der Waals surface area contributed by atoms with Crippen LogP contribution in [0.25, 0.3) is 33.0 Å². The number of carbonyl (C=O) groups is 2. The number of carbonyl (C=O) groups excluding carboxylic acids is 2. The van der Waals surface area contributed by atoms with E-state index in [0.29, 0.717) is 17.2 Å². The highest BCUT2D eigenvalue weighted by molar-refractivity contribution is 6.50. The molecule has 1 N–H and O–H groups in total. The number of nitrogens with one attached hydrogen (secondary N) is 1. The van der Waals surface area contributed by atoms with Crippen LogP contribution in [0, 0.1) is 0 Å². The number of para-hydroxylation sites is 2. The van der Waals surface area contributed by atoms with Gasteiger partial charge >= 0.3 is 0 Å². The van der Waals surface area contributed by atoms with Gasteiger partial charge < -0.3 is 9.55 Å². The summed E-state index contributed by atoms with van der Waals surface area (Å²) in [7, 11) is 0. The Hall–Kier alpha value is -4.64. The van der Waals surface area contributed by atoms with Gasteiger partial charge in [-0.05, 0) is 30.5 Å². The molecule has 180 valence electrons. The summed E-state index contributed by atoms with van der Waals surface area (Å²) in [5.41, 5.74) is 5.46. The molecule has 0 unspecified atom stereocenters. The minimum Gasteiger partial charge on any atom is -0.361 e. The molecule has 7 rings (SSSR count). The lowest BCUT2D eigenvalue weighted by Crippen LogP contribution is -2.30. The van der Waals surface area contributed by atoms with Crippen LogP contribution in [-0.2, 0) is 16.1 Å². The molecule has 1 aliphatic carbocycles. The van der Waals surface area contributed by atoms with E-state index in [4.69, 9.17) is 0 Å². The van der Waals surface area contributed by atoms with Gasteiger partial charge in [0.05, 0.1) is 17.7 Å². The number of nitrogens with zero attached hydrogens (tertiary/aromatic N) is 2. The summed E-state index contributed by atoms with van der Waals surface area (Å²) < 4.78 is 2.28. The molecule has 3 heterocycles. The van der Waals surface area contributed by atoms with E-state index in [-0.39, 0.29) is 18.4 Å². The lowest BCUT2D eigenvalue weighted by atomic mass is 9.95. The number of H-pyrrole nitrogens is 1. The van der Waals surface area contributed by atoms with Crippen LogP contribution < -0.4 is 0 Å². The van der Waals surface area contributed by atoms with Crippen LogP contribution in [0.1, 0.15) is 35.6 Å². The van der Waals surface area contributed by atoms with Gasteiger partial charge in [0, 0.05) is 51.4 Å². The van der Waals surface area contributed by atoms with Gasteiger partial charge in [-0.3, -0.25) is 14.5 Å². The highest BCUT2D eigenvalue weighted by Gasteiger charge is 2.41. The van der Waals surface area contributed by atoms with Crippen molar-refractivity contribution >= 4 is 44.8 Å². The molecule has 3 aromatic carbocycles. The van der Waals surface area contributed by atoms with E-state index in [1.807, 2.05) is 72.9 Å². The molecule has 2 amide bonds. The second-order valence-corrected chi connectivity index (χ2v) is 9.74. The zero-order valence-electron chi connectivity index (χ0n) is 20.2.